The van der Waals surface area contributed by atoms with Crippen LogP contribution in [0.5, 0.6) is 0 Å². The predicted octanol–water partition coefficient (Wildman–Crippen LogP) is 2.17. The molecule has 0 unspecified atom stereocenters. The minimum Gasteiger partial charge on any atom is -0.450 e. The first-order valence-corrected chi connectivity index (χ1v) is 4.67. The van der Waals surface area contributed by atoms with Crippen molar-refractivity contribution in [1.29, 1.82) is 0 Å². The normalized spacial score (nSPS) is 7.08. The summed E-state index contributed by atoms with van der Waals surface area (Å²) in [5.74, 6) is 5.59. The quantitative estimate of drug-likeness (QED) is 0.669. The highest BCUT2D eigenvalue weighted by Crippen LogP contribution is 1.74. The van der Waals surface area contributed by atoms with Gasteiger partial charge in [-0.1, -0.05) is 26.7 Å². The van der Waals surface area contributed by atoms with Crippen LogP contribution in [0.3, 0.4) is 0 Å². The molecule has 13 heavy (non-hydrogen) atoms. The number of alkyl carbamates (subject to hydrolysis) is 1. The van der Waals surface area contributed by atoms with Crippen molar-refractivity contribution >= 4 is 6.09 Å². The highest BCUT2D eigenvalue weighted by Gasteiger charge is 1.94. The number of nitrogens with one attached hydrogen (secondary N) is 1. The van der Waals surface area contributed by atoms with Gasteiger partial charge in [-0.3, -0.25) is 0 Å². The van der Waals surface area contributed by atoms with Gasteiger partial charge in [0.1, 0.15) is 0 Å². The Bertz CT molecular complexity index is 167. The molecule has 0 atom stereocenters. The highest BCUT2D eigenvalue weighted by atomic mass is 16.5. The number of rotatable bonds is 2. The molecule has 76 valence electrons. The molecule has 0 aliphatic carbocycles. The van der Waals surface area contributed by atoms with E-state index in [1.807, 2.05) is 20.8 Å². The van der Waals surface area contributed by atoms with Gasteiger partial charge in [-0.15, -0.1) is 5.92 Å². The fourth-order valence-corrected chi connectivity index (χ4v) is 0.486. The lowest BCUT2D eigenvalue weighted by atomic mass is 10.5. The van der Waals surface area contributed by atoms with Crippen LogP contribution in [0.2, 0.25) is 0 Å². The molecule has 0 bridgehead atoms. The van der Waals surface area contributed by atoms with Crippen molar-refractivity contribution in [2.45, 2.75) is 34.1 Å². The molecule has 0 aromatic rings. The standard InChI is InChI=1S/C8H13NO2.C2H6/c1-3-5-6-7-9-8(10)11-4-2;1-2/h3-4,7H2,1-2H3,(H,9,10);1-2H3. The highest BCUT2D eigenvalue weighted by molar-refractivity contribution is 5.67. The van der Waals surface area contributed by atoms with E-state index < -0.39 is 6.09 Å². The first kappa shape index (κ1) is 14.4. The van der Waals surface area contributed by atoms with E-state index in [-0.39, 0.29) is 0 Å². The average molecular weight is 185 g/mol. The third kappa shape index (κ3) is 13.8. The van der Waals surface area contributed by atoms with Gasteiger partial charge in [0, 0.05) is 6.42 Å². The summed E-state index contributed by atoms with van der Waals surface area (Å²) < 4.78 is 4.60. The molecule has 3 heteroatoms. The van der Waals surface area contributed by atoms with Gasteiger partial charge in [-0.2, -0.15) is 0 Å². The molecule has 0 aromatic carbocycles. The molecular formula is C10H19NO2. The molecule has 0 rings (SSSR count). The number of carbonyl (C=O) groups is 1. The molecule has 0 heterocycles. The zero-order chi connectivity index (χ0) is 10.5. The van der Waals surface area contributed by atoms with Crippen molar-refractivity contribution in [1.82, 2.24) is 5.32 Å². The molecule has 0 aromatic heterocycles. The van der Waals surface area contributed by atoms with Crippen molar-refractivity contribution in [3.8, 4) is 11.8 Å². The fraction of sp³-hybridized carbons (Fsp3) is 0.700. The second kappa shape index (κ2) is 13.4. The van der Waals surface area contributed by atoms with E-state index in [1.54, 1.807) is 6.92 Å². The minimum absolute atomic E-state index is 0.368. The molecule has 1 N–H and O–H groups in total. The molecule has 3 nitrogen and oxygen atoms in total. The summed E-state index contributed by atoms with van der Waals surface area (Å²) in [6, 6.07) is 0. The van der Waals surface area contributed by atoms with Crippen molar-refractivity contribution in [3.05, 3.63) is 0 Å². The first-order valence-electron chi connectivity index (χ1n) is 4.67. The summed E-state index contributed by atoms with van der Waals surface area (Å²) in [6.45, 7) is 8.48. The van der Waals surface area contributed by atoms with Gasteiger partial charge in [-0.05, 0) is 6.92 Å². The van der Waals surface area contributed by atoms with Crippen LogP contribution in [0.1, 0.15) is 34.1 Å². The van der Waals surface area contributed by atoms with Crippen molar-refractivity contribution < 1.29 is 9.53 Å². The fourth-order valence-electron chi connectivity index (χ4n) is 0.486. The predicted molar refractivity (Wildman–Crippen MR) is 54.4 cm³/mol. The Morgan fingerprint density at radius 3 is 2.38 bits per heavy atom. The van der Waals surface area contributed by atoms with Crippen LogP contribution in [0, 0.1) is 11.8 Å². The monoisotopic (exact) mass is 185 g/mol. The van der Waals surface area contributed by atoms with Crippen LogP contribution >= 0.6 is 0 Å². The molecule has 0 saturated carbocycles. The third-order valence-electron chi connectivity index (χ3n) is 0.898. The smallest absolute Gasteiger partial charge is 0.407 e. The summed E-state index contributed by atoms with van der Waals surface area (Å²) in [7, 11) is 0. The Morgan fingerprint density at radius 2 is 1.92 bits per heavy atom. The van der Waals surface area contributed by atoms with Crippen LogP contribution in [-0.2, 0) is 4.74 Å². The topological polar surface area (TPSA) is 38.3 Å². The van der Waals surface area contributed by atoms with E-state index in [1.165, 1.54) is 0 Å². The van der Waals surface area contributed by atoms with Gasteiger partial charge in [0.25, 0.3) is 0 Å². The second-order valence-corrected chi connectivity index (χ2v) is 1.78. The van der Waals surface area contributed by atoms with E-state index in [0.29, 0.717) is 13.2 Å². The molecule has 0 saturated heterocycles. The van der Waals surface area contributed by atoms with Gasteiger partial charge < -0.3 is 10.1 Å². The van der Waals surface area contributed by atoms with E-state index in [2.05, 4.69) is 21.9 Å². The van der Waals surface area contributed by atoms with E-state index in [9.17, 15) is 4.79 Å². The maximum atomic E-state index is 10.6. The Kier molecular flexibility index (Phi) is 14.8. The van der Waals surface area contributed by atoms with Gasteiger partial charge in [0.2, 0.25) is 0 Å². The number of amides is 1. The Hall–Kier alpha value is -1.17. The van der Waals surface area contributed by atoms with E-state index in [4.69, 9.17) is 0 Å². The molecular weight excluding hydrogens is 166 g/mol. The van der Waals surface area contributed by atoms with Gasteiger partial charge in [0.05, 0.1) is 13.2 Å². The molecule has 0 aliphatic rings. The molecule has 0 fully saturated rings. The number of ether oxygens (including phenoxy) is 1. The number of carbonyl (C=O) groups excluding carboxylic acids is 1. The average Bonchev–Trinajstić information content (AvgIpc) is 2.16. The second-order valence-electron chi connectivity index (χ2n) is 1.78. The summed E-state index contributed by atoms with van der Waals surface area (Å²) in [5, 5.41) is 2.48. The molecule has 1 amide bonds. The Morgan fingerprint density at radius 1 is 1.31 bits per heavy atom. The third-order valence-corrected chi connectivity index (χ3v) is 0.898. The molecule has 0 radical (unpaired) electrons. The van der Waals surface area contributed by atoms with Gasteiger partial charge in [0.15, 0.2) is 0 Å². The number of hydrogen-bond acceptors (Lipinski definition) is 2. The molecule has 0 aliphatic heterocycles. The lowest BCUT2D eigenvalue weighted by Crippen LogP contribution is -2.24. The summed E-state index contributed by atoms with van der Waals surface area (Å²) >= 11 is 0. The Balaban J connectivity index is 0. The van der Waals surface area contributed by atoms with Gasteiger partial charge in [-0.25, -0.2) is 4.79 Å². The Labute approximate surface area is 80.9 Å². The number of hydrogen-bond donors (Lipinski definition) is 1. The van der Waals surface area contributed by atoms with Crippen LogP contribution in [0.4, 0.5) is 4.79 Å². The van der Waals surface area contributed by atoms with Crippen molar-refractivity contribution in [3.63, 3.8) is 0 Å². The van der Waals surface area contributed by atoms with Crippen LogP contribution < -0.4 is 5.32 Å². The maximum Gasteiger partial charge on any atom is 0.407 e. The SMILES string of the molecule is CC.CCC#CCNC(=O)OCC. The largest absolute Gasteiger partial charge is 0.450 e. The minimum atomic E-state index is -0.405. The van der Waals surface area contributed by atoms with E-state index in [0.717, 1.165) is 6.42 Å². The lowest BCUT2D eigenvalue weighted by Gasteiger charge is -1.99. The van der Waals surface area contributed by atoms with E-state index >= 15 is 0 Å². The van der Waals surface area contributed by atoms with Crippen LogP contribution in [-0.4, -0.2) is 19.2 Å². The zero-order valence-corrected chi connectivity index (χ0v) is 8.94. The molecule has 0 spiro atoms. The van der Waals surface area contributed by atoms with Crippen LogP contribution in [0.15, 0.2) is 0 Å². The maximum absolute atomic E-state index is 10.6. The summed E-state index contributed by atoms with van der Waals surface area (Å²) in [6.07, 6.45) is 0.405. The first-order chi connectivity index (χ1) is 6.31. The van der Waals surface area contributed by atoms with Crippen molar-refractivity contribution in [2.24, 2.45) is 0 Å². The summed E-state index contributed by atoms with van der Waals surface area (Å²) in [5.41, 5.74) is 0. The van der Waals surface area contributed by atoms with Gasteiger partial charge >= 0.3 is 6.09 Å². The van der Waals surface area contributed by atoms with Crippen molar-refractivity contribution in [2.75, 3.05) is 13.2 Å². The zero-order valence-electron chi connectivity index (χ0n) is 8.94. The summed E-state index contributed by atoms with van der Waals surface area (Å²) in [4.78, 5) is 10.6. The van der Waals surface area contributed by atoms with Crippen LogP contribution in [0.25, 0.3) is 0 Å². The lowest BCUT2D eigenvalue weighted by molar-refractivity contribution is 0.153.